The highest BCUT2D eigenvalue weighted by atomic mass is 16.7. The van der Waals surface area contributed by atoms with Gasteiger partial charge >= 0.3 is 0 Å². The topological polar surface area (TPSA) is 89.5 Å². The number of amides is 1. The second-order valence-electron chi connectivity index (χ2n) is 8.02. The molecule has 2 N–H and O–H groups in total. The van der Waals surface area contributed by atoms with E-state index in [1.54, 1.807) is 18.2 Å². The molecule has 31 heavy (non-hydrogen) atoms. The molecule has 0 saturated carbocycles. The number of hydrogen-bond donors (Lipinski definition) is 2. The number of nitrogens with zero attached hydrogens (tertiary/aromatic N) is 1. The van der Waals surface area contributed by atoms with Crippen LogP contribution in [-0.4, -0.2) is 67.2 Å². The third-order valence-corrected chi connectivity index (χ3v) is 5.98. The summed E-state index contributed by atoms with van der Waals surface area (Å²) < 4.78 is 22.2. The minimum Gasteiger partial charge on any atom is -0.486 e. The van der Waals surface area contributed by atoms with Crippen molar-refractivity contribution in [2.45, 2.75) is 31.1 Å². The maximum absolute atomic E-state index is 12.8. The highest BCUT2D eigenvalue weighted by Crippen LogP contribution is 2.33. The van der Waals surface area contributed by atoms with E-state index in [1.807, 2.05) is 29.2 Å². The first-order valence-electron chi connectivity index (χ1n) is 10.7. The minimum atomic E-state index is -0.679. The van der Waals surface area contributed by atoms with Crippen LogP contribution in [0.3, 0.4) is 0 Å². The number of aliphatic hydroxyl groups excluding tert-OH is 1. The standard InChI is InChI=1S/C23H26N2O6/c26-17(22-13-28-18-3-1-2-4-20(18)31-22)12-24-16-7-9-25(10-8-16)23(27)15-5-6-19-21(11-15)30-14-29-19/h1-6,11,16-17,22,24,26H,7-10,12-14H2. The Morgan fingerprint density at radius 2 is 1.77 bits per heavy atom. The van der Waals surface area contributed by atoms with Gasteiger partial charge in [-0.2, -0.15) is 0 Å². The molecule has 1 amide bonds. The van der Waals surface area contributed by atoms with Gasteiger partial charge in [0, 0.05) is 31.2 Å². The van der Waals surface area contributed by atoms with Crippen molar-refractivity contribution < 1.29 is 28.8 Å². The minimum absolute atomic E-state index is 0.00297. The van der Waals surface area contributed by atoms with Crippen LogP contribution < -0.4 is 24.3 Å². The molecule has 5 rings (SSSR count). The van der Waals surface area contributed by atoms with Crippen molar-refractivity contribution in [3.05, 3.63) is 48.0 Å². The summed E-state index contributed by atoms with van der Waals surface area (Å²) in [4.78, 5) is 14.7. The average molecular weight is 426 g/mol. The molecule has 0 aromatic heterocycles. The normalized spacial score (nSPS) is 21.1. The van der Waals surface area contributed by atoms with Crippen LogP contribution in [0.1, 0.15) is 23.2 Å². The summed E-state index contributed by atoms with van der Waals surface area (Å²) in [5, 5.41) is 14.0. The summed E-state index contributed by atoms with van der Waals surface area (Å²) in [6, 6.07) is 13.0. The van der Waals surface area contributed by atoms with E-state index in [0.29, 0.717) is 54.8 Å². The van der Waals surface area contributed by atoms with Crippen molar-refractivity contribution >= 4 is 5.91 Å². The monoisotopic (exact) mass is 426 g/mol. The molecule has 0 spiro atoms. The predicted molar refractivity (Wildman–Crippen MR) is 112 cm³/mol. The first-order chi connectivity index (χ1) is 15.2. The van der Waals surface area contributed by atoms with Crippen LogP contribution >= 0.6 is 0 Å². The number of fused-ring (bicyclic) bond motifs is 2. The molecule has 0 radical (unpaired) electrons. The second-order valence-corrected chi connectivity index (χ2v) is 8.02. The van der Waals surface area contributed by atoms with Gasteiger partial charge in [-0.15, -0.1) is 0 Å². The second kappa shape index (κ2) is 8.64. The first kappa shape index (κ1) is 20.0. The van der Waals surface area contributed by atoms with Crippen LogP contribution in [0, 0.1) is 0 Å². The van der Waals surface area contributed by atoms with Gasteiger partial charge in [0.2, 0.25) is 6.79 Å². The molecule has 2 atom stereocenters. The summed E-state index contributed by atoms with van der Waals surface area (Å²) in [5.41, 5.74) is 0.612. The molecule has 2 aromatic carbocycles. The van der Waals surface area contributed by atoms with Gasteiger partial charge in [0.15, 0.2) is 29.1 Å². The molecule has 1 fully saturated rings. The molecule has 2 aromatic rings. The molecule has 3 heterocycles. The fraction of sp³-hybridized carbons (Fsp3) is 0.435. The van der Waals surface area contributed by atoms with Crippen LogP contribution in [0.5, 0.6) is 23.0 Å². The maximum atomic E-state index is 12.8. The van der Waals surface area contributed by atoms with E-state index in [2.05, 4.69) is 5.32 Å². The Balaban J connectivity index is 1.08. The number of carbonyl (C=O) groups excluding carboxylic acids is 1. The number of ether oxygens (including phenoxy) is 4. The van der Waals surface area contributed by atoms with Gasteiger partial charge < -0.3 is 34.3 Å². The van der Waals surface area contributed by atoms with Gasteiger partial charge in [-0.3, -0.25) is 4.79 Å². The summed E-state index contributed by atoms with van der Waals surface area (Å²) in [5.74, 6) is 2.66. The molecule has 2 unspecified atom stereocenters. The molecule has 3 aliphatic rings. The lowest BCUT2D eigenvalue weighted by Gasteiger charge is -2.34. The first-order valence-corrected chi connectivity index (χ1v) is 10.7. The molecule has 8 heteroatoms. The third kappa shape index (κ3) is 4.26. The van der Waals surface area contributed by atoms with E-state index >= 15 is 0 Å². The summed E-state index contributed by atoms with van der Waals surface area (Å²) in [7, 11) is 0. The maximum Gasteiger partial charge on any atom is 0.253 e. The zero-order chi connectivity index (χ0) is 21.2. The number of hydrogen-bond acceptors (Lipinski definition) is 7. The smallest absolute Gasteiger partial charge is 0.253 e. The van der Waals surface area contributed by atoms with E-state index < -0.39 is 12.2 Å². The van der Waals surface area contributed by atoms with Gasteiger partial charge in [-0.25, -0.2) is 0 Å². The number of para-hydroxylation sites is 2. The fourth-order valence-electron chi connectivity index (χ4n) is 4.14. The fourth-order valence-corrected chi connectivity index (χ4v) is 4.14. The van der Waals surface area contributed by atoms with Crippen molar-refractivity contribution in [3.63, 3.8) is 0 Å². The number of nitrogens with one attached hydrogen (secondary N) is 1. The van der Waals surface area contributed by atoms with Gasteiger partial charge in [-0.05, 0) is 43.2 Å². The zero-order valence-corrected chi connectivity index (χ0v) is 17.2. The van der Waals surface area contributed by atoms with E-state index in [4.69, 9.17) is 18.9 Å². The van der Waals surface area contributed by atoms with Crippen LogP contribution in [0.25, 0.3) is 0 Å². The Kier molecular flexibility index (Phi) is 5.57. The molecule has 0 bridgehead atoms. The van der Waals surface area contributed by atoms with Crippen molar-refractivity contribution in [2.75, 3.05) is 33.0 Å². The summed E-state index contributed by atoms with van der Waals surface area (Å²) in [6.45, 7) is 2.26. The van der Waals surface area contributed by atoms with Gasteiger partial charge in [0.05, 0.1) is 0 Å². The lowest BCUT2D eigenvalue weighted by atomic mass is 10.0. The number of benzene rings is 2. The van der Waals surface area contributed by atoms with Crippen molar-refractivity contribution in [2.24, 2.45) is 0 Å². The van der Waals surface area contributed by atoms with Crippen LogP contribution in [0.4, 0.5) is 0 Å². The lowest BCUT2D eigenvalue weighted by molar-refractivity contribution is -0.0109. The molecule has 164 valence electrons. The Morgan fingerprint density at radius 1 is 1.03 bits per heavy atom. The third-order valence-electron chi connectivity index (χ3n) is 5.98. The molecular weight excluding hydrogens is 400 g/mol. The Bertz CT molecular complexity index is 943. The summed E-state index contributed by atoms with van der Waals surface area (Å²) >= 11 is 0. The number of piperidine rings is 1. The lowest BCUT2D eigenvalue weighted by Crippen LogP contribution is -2.50. The molecule has 8 nitrogen and oxygen atoms in total. The quantitative estimate of drug-likeness (QED) is 0.754. The largest absolute Gasteiger partial charge is 0.486 e. The van der Waals surface area contributed by atoms with E-state index in [-0.39, 0.29) is 18.7 Å². The van der Waals surface area contributed by atoms with Crippen LogP contribution in [-0.2, 0) is 0 Å². The van der Waals surface area contributed by atoms with Gasteiger partial charge in [0.1, 0.15) is 12.7 Å². The van der Waals surface area contributed by atoms with Gasteiger partial charge in [-0.1, -0.05) is 12.1 Å². The number of aliphatic hydroxyl groups is 1. The molecular formula is C23H26N2O6. The van der Waals surface area contributed by atoms with E-state index in [9.17, 15) is 9.90 Å². The van der Waals surface area contributed by atoms with Crippen molar-refractivity contribution in [3.8, 4) is 23.0 Å². The molecule has 1 saturated heterocycles. The summed E-state index contributed by atoms with van der Waals surface area (Å²) in [6.07, 6.45) is 0.568. The number of likely N-dealkylation sites (tertiary alicyclic amines) is 1. The Labute approximate surface area is 180 Å². The van der Waals surface area contributed by atoms with Crippen LogP contribution in [0.15, 0.2) is 42.5 Å². The highest BCUT2D eigenvalue weighted by molar-refractivity contribution is 5.95. The predicted octanol–water partition coefficient (Wildman–Crippen LogP) is 1.81. The molecule has 0 aliphatic carbocycles. The Hall–Kier alpha value is -2.97. The highest BCUT2D eigenvalue weighted by Gasteiger charge is 2.29. The van der Waals surface area contributed by atoms with Gasteiger partial charge in [0.25, 0.3) is 5.91 Å². The van der Waals surface area contributed by atoms with E-state index in [1.165, 1.54) is 0 Å². The zero-order valence-electron chi connectivity index (χ0n) is 17.2. The number of rotatable bonds is 5. The SMILES string of the molecule is O=C(c1ccc2c(c1)OCO2)N1CCC(NCC(O)C2COc3ccccc3O2)CC1. The van der Waals surface area contributed by atoms with E-state index in [0.717, 1.165) is 12.8 Å². The van der Waals surface area contributed by atoms with Crippen molar-refractivity contribution in [1.82, 2.24) is 10.2 Å². The average Bonchev–Trinajstić information content (AvgIpc) is 3.30. The number of carbonyl (C=O) groups is 1. The van der Waals surface area contributed by atoms with Crippen molar-refractivity contribution in [1.29, 1.82) is 0 Å². The Morgan fingerprint density at radius 3 is 2.61 bits per heavy atom. The van der Waals surface area contributed by atoms with Crippen LogP contribution in [0.2, 0.25) is 0 Å². The molecule has 3 aliphatic heterocycles.